The van der Waals surface area contributed by atoms with Gasteiger partial charge in [0.1, 0.15) is 5.69 Å². The van der Waals surface area contributed by atoms with Crippen LogP contribution in [0.25, 0.3) is 0 Å². The molecule has 0 saturated carbocycles. The first kappa shape index (κ1) is 18.2. The van der Waals surface area contributed by atoms with E-state index in [0.717, 1.165) is 31.9 Å². The Kier molecular flexibility index (Phi) is 5.76. The molecule has 1 N–H and O–H groups in total. The third-order valence-corrected chi connectivity index (χ3v) is 4.66. The minimum Gasteiger partial charge on any atom is -0.368 e. The number of nitrogens with one attached hydrogen (secondary N) is 1. The Balaban J connectivity index is 1.57. The lowest BCUT2D eigenvalue weighted by Crippen LogP contribution is -2.46. The molecule has 138 valence electrons. The van der Waals surface area contributed by atoms with Crippen LogP contribution in [0.5, 0.6) is 0 Å². The number of pyridine rings is 1. The van der Waals surface area contributed by atoms with Crippen LogP contribution in [0.2, 0.25) is 0 Å². The van der Waals surface area contributed by atoms with Crippen LogP contribution in [0.3, 0.4) is 0 Å². The fourth-order valence-electron chi connectivity index (χ4n) is 3.14. The summed E-state index contributed by atoms with van der Waals surface area (Å²) in [5.41, 5.74) is 4.14. The maximum Gasteiger partial charge on any atom is 0.269 e. The van der Waals surface area contributed by atoms with Crippen LogP contribution >= 0.6 is 0 Å². The second-order valence-electron chi connectivity index (χ2n) is 7.32. The Bertz CT molecular complexity index is 734. The fraction of sp³-hybridized carbons (Fsp3) is 0.429. The summed E-state index contributed by atoms with van der Waals surface area (Å²) in [7, 11) is 0. The molecular formula is C21H28N4O. The lowest BCUT2D eigenvalue weighted by Gasteiger charge is -2.37. The average Bonchev–Trinajstić information content (AvgIpc) is 2.66. The number of aromatic nitrogens is 1. The first-order chi connectivity index (χ1) is 12.5. The number of carbonyl (C=O) groups excluding carboxylic acids is 1. The molecule has 1 saturated heterocycles. The van der Waals surface area contributed by atoms with Crippen LogP contribution in [0.1, 0.15) is 29.9 Å². The zero-order valence-corrected chi connectivity index (χ0v) is 15.9. The normalized spacial score (nSPS) is 14.6. The highest BCUT2D eigenvalue weighted by molar-refractivity contribution is 5.92. The number of amides is 1. The molecule has 0 spiro atoms. The Morgan fingerprint density at radius 3 is 2.35 bits per heavy atom. The van der Waals surface area contributed by atoms with Crippen molar-refractivity contribution in [1.29, 1.82) is 0 Å². The second-order valence-corrected chi connectivity index (χ2v) is 7.32. The molecule has 3 rings (SSSR count). The third-order valence-electron chi connectivity index (χ3n) is 4.66. The smallest absolute Gasteiger partial charge is 0.269 e. The van der Waals surface area contributed by atoms with Crippen molar-refractivity contribution in [3.63, 3.8) is 0 Å². The van der Waals surface area contributed by atoms with Crippen molar-refractivity contribution >= 4 is 17.3 Å². The molecule has 0 radical (unpaired) electrons. The van der Waals surface area contributed by atoms with Gasteiger partial charge in [-0.25, -0.2) is 4.98 Å². The van der Waals surface area contributed by atoms with Crippen LogP contribution in [0.4, 0.5) is 11.4 Å². The molecule has 1 aliphatic rings. The highest BCUT2D eigenvalue weighted by Crippen LogP contribution is 2.21. The minimum atomic E-state index is -0.102. The molecule has 1 aromatic carbocycles. The average molecular weight is 352 g/mol. The first-order valence-corrected chi connectivity index (χ1v) is 9.34. The van der Waals surface area contributed by atoms with E-state index in [0.29, 0.717) is 18.2 Å². The van der Waals surface area contributed by atoms with Gasteiger partial charge >= 0.3 is 0 Å². The second kappa shape index (κ2) is 8.21. The molecule has 1 amide bonds. The number of aryl methyl sites for hydroxylation is 1. The van der Waals surface area contributed by atoms with Gasteiger partial charge in [-0.3, -0.25) is 4.79 Å². The molecule has 0 unspecified atom stereocenters. The zero-order valence-electron chi connectivity index (χ0n) is 15.9. The summed E-state index contributed by atoms with van der Waals surface area (Å²) in [6.45, 7) is 10.8. The van der Waals surface area contributed by atoms with Gasteiger partial charge in [0.15, 0.2) is 0 Å². The SMILES string of the molecule is Cc1cccc(N2CCN(c3ccc(C(=O)NCC(C)C)nc3)CC2)c1. The van der Waals surface area contributed by atoms with E-state index in [1.807, 2.05) is 18.3 Å². The molecule has 2 aromatic rings. The maximum absolute atomic E-state index is 12.1. The first-order valence-electron chi connectivity index (χ1n) is 9.34. The van der Waals surface area contributed by atoms with Crippen molar-refractivity contribution in [2.75, 3.05) is 42.5 Å². The summed E-state index contributed by atoms with van der Waals surface area (Å²) >= 11 is 0. The molecule has 0 atom stereocenters. The number of nitrogens with zero attached hydrogens (tertiary/aromatic N) is 3. The van der Waals surface area contributed by atoms with E-state index in [2.05, 4.69) is 65.1 Å². The highest BCUT2D eigenvalue weighted by Gasteiger charge is 2.18. The standard InChI is InChI=1S/C21H28N4O/c1-16(2)14-23-21(26)20-8-7-19(15-22-20)25-11-9-24(10-12-25)18-6-4-5-17(3)13-18/h4-8,13,15-16H,9-12,14H2,1-3H3,(H,23,26). The van der Waals surface area contributed by atoms with Gasteiger partial charge in [0, 0.05) is 38.4 Å². The van der Waals surface area contributed by atoms with Gasteiger partial charge in [-0.1, -0.05) is 26.0 Å². The van der Waals surface area contributed by atoms with Gasteiger partial charge in [0.2, 0.25) is 0 Å². The van der Waals surface area contributed by atoms with E-state index in [1.54, 1.807) is 0 Å². The zero-order chi connectivity index (χ0) is 18.5. The van der Waals surface area contributed by atoms with Crippen LogP contribution in [-0.4, -0.2) is 43.6 Å². The topological polar surface area (TPSA) is 48.5 Å². The van der Waals surface area contributed by atoms with E-state index in [4.69, 9.17) is 0 Å². The highest BCUT2D eigenvalue weighted by atomic mass is 16.1. The van der Waals surface area contributed by atoms with Gasteiger partial charge in [-0.05, 0) is 42.7 Å². The van der Waals surface area contributed by atoms with Crippen molar-refractivity contribution in [2.45, 2.75) is 20.8 Å². The monoisotopic (exact) mass is 352 g/mol. The van der Waals surface area contributed by atoms with Gasteiger partial charge in [0.05, 0.1) is 11.9 Å². The molecule has 0 aliphatic carbocycles. The molecular weight excluding hydrogens is 324 g/mol. The number of piperazine rings is 1. The molecule has 5 nitrogen and oxygen atoms in total. The molecule has 2 heterocycles. The number of hydrogen-bond donors (Lipinski definition) is 1. The van der Waals surface area contributed by atoms with E-state index in [1.165, 1.54) is 11.3 Å². The summed E-state index contributed by atoms with van der Waals surface area (Å²) in [5, 5.41) is 2.90. The van der Waals surface area contributed by atoms with Crippen LogP contribution < -0.4 is 15.1 Å². The summed E-state index contributed by atoms with van der Waals surface area (Å²) in [6, 6.07) is 12.5. The molecule has 1 fully saturated rings. The molecule has 5 heteroatoms. The lowest BCUT2D eigenvalue weighted by molar-refractivity contribution is 0.0944. The number of rotatable bonds is 5. The van der Waals surface area contributed by atoms with Crippen molar-refractivity contribution < 1.29 is 4.79 Å². The predicted molar refractivity (Wildman–Crippen MR) is 107 cm³/mol. The molecule has 26 heavy (non-hydrogen) atoms. The fourth-order valence-corrected chi connectivity index (χ4v) is 3.14. The Morgan fingerprint density at radius 2 is 1.77 bits per heavy atom. The van der Waals surface area contributed by atoms with Crippen LogP contribution in [0, 0.1) is 12.8 Å². The van der Waals surface area contributed by atoms with Gasteiger partial charge in [0.25, 0.3) is 5.91 Å². The molecule has 1 aromatic heterocycles. The summed E-state index contributed by atoms with van der Waals surface area (Å²) in [4.78, 5) is 21.2. The number of hydrogen-bond acceptors (Lipinski definition) is 4. The maximum atomic E-state index is 12.1. The number of benzene rings is 1. The largest absolute Gasteiger partial charge is 0.368 e. The molecule has 0 bridgehead atoms. The van der Waals surface area contributed by atoms with Gasteiger partial charge < -0.3 is 15.1 Å². The summed E-state index contributed by atoms with van der Waals surface area (Å²) in [5.74, 6) is 0.331. The lowest BCUT2D eigenvalue weighted by atomic mass is 10.2. The minimum absolute atomic E-state index is 0.102. The van der Waals surface area contributed by atoms with Crippen molar-refractivity contribution in [3.8, 4) is 0 Å². The van der Waals surface area contributed by atoms with Crippen molar-refractivity contribution in [3.05, 3.63) is 53.9 Å². The Labute approximate surface area is 156 Å². The summed E-state index contributed by atoms with van der Waals surface area (Å²) < 4.78 is 0. The van der Waals surface area contributed by atoms with Crippen molar-refractivity contribution in [1.82, 2.24) is 10.3 Å². The van der Waals surface area contributed by atoms with Gasteiger partial charge in [-0.2, -0.15) is 0 Å². The third kappa shape index (κ3) is 4.54. The number of carbonyl (C=O) groups is 1. The van der Waals surface area contributed by atoms with Crippen molar-refractivity contribution in [2.24, 2.45) is 5.92 Å². The van der Waals surface area contributed by atoms with Crippen LogP contribution in [0.15, 0.2) is 42.6 Å². The summed E-state index contributed by atoms with van der Waals surface area (Å²) in [6.07, 6.45) is 1.81. The Morgan fingerprint density at radius 1 is 1.08 bits per heavy atom. The van der Waals surface area contributed by atoms with Gasteiger partial charge in [-0.15, -0.1) is 0 Å². The Hall–Kier alpha value is -2.56. The van der Waals surface area contributed by atoms with E-state index in [9.17, 15) is 4.79 Å². The predicted octanol–water partition coefficient (Wildman–Crippen LogP) is 3.10. The van der Waals surface area contributed by atoms with E-state index >= 15 is 0 Å². The van der Waals surface area contributed by atoms with E-state index in [-0.39, 0.29) is 5.91 Å². The van der Waals surface area contributed by atoms with Crippen LogP contribution in [-0.2, 0) is 0 Å². The van der Waals surface area contributed by atoms with E-state index < -0.39 is 0 Å². The molecule has 1 aliphatic heterocycles. The number of anilines is 2. The quantitative estimate of drug-likeness (QED) is 0.898.